The average Bonchev–Trinajstić information content (AvgIpc) is 2.37. The lowest BCUT2D eigenvalue weighted by molar-refractivity contribution is -0.119. The van der Waals surface area contributed by atoms with Gasteiger partial charge in [-0.2, -0.15) is 0 Å². The normalized spacial score (nSPS) is 21.4. The molecule has 6 heteroatoms. The van der Waals surface area contributed by atoms with Gasteiger partial charge >= 0.3 is 0 Å². The molecule has 1 amide bonds. The Bertz CT molecular complexity index is 502. The zero-order valence-corrected chi connectivity index (χ0v) is 11.3. The van der Waals surface area contributed by atoms with Gasteiger partial charge in [-0.1, -0.05) is 0 Å². The number of ether oxygens (including phenoxy) is 1. The molecule has 4 nitrogen and oxygen atoms in total. The van der Waals surface area contributed by atoms with Crippen LogP contribution in [0, 0.1) is 17.6 Å². The zero-order valence-electron chi connectivity index (χ0n) is 11.3. The fraction of sp³-hybridized carbons (Fsp3) is 0.500. The number of hydrogen-bond donors (Lipinski definition) is 2. The van der Waals surface area contributed by atoms with Gasteiger partial charge in [0.15, 0.2) is 11.6 Å². The fourth-order valence-electron chi connectivity index (χ4n) is 2.36. The van der Waals surface area contributed by atoms with Crippen LogP contribution in [-0.2, 0) is 9.53 Å². The van der Waals surface area contributed by atoms with Gasteiger partial charge in [0.1, 0.15) is 5.69 Å². The van der Waals surface area contributed by atoms with E-state index in [-0.39, 0.29) is 35.7 Å². The van der Waals surface area contributed by atoms with E-state index in [1.54, 1.807) is 0 Å². The van der Waals surface area contributed by atoms with E-state index in [0.717, 1.165) is 18.9 Å². The first-order chi connectivity index (χ1) is 9.51. The minimum atomic E-state index is -1.13. The highest BCUT2D eigenvalue weighted by atomic mass is 19.2. The minimum Gasteiger partial charge on any atom is -0.397 e. The molecule has 1 fully saturated rings. The molecule has 0 unspecified atom stereocenters. The summed E-state index contributed by atoms with van der Waals surface area (Å²) in [6.07, 6.45) is 2.12. The number of nitrogens with one attached hydrogen (secondary N) is 1. The van der Waals surface area contributed by atoms with Gasteiger partial charge in [-0.3, -0.25) is 4.79 Å². The van der Waals surface area contributed by atoms with Crippen LogP contribution in [0.15, 0.2) is 12.1 Å². The summed E-state index contributed by atoms with van der Waals surface area (Å²) < 4.78 is 32.0. The summed E-state index contributed by atoms with van der Waals surface area (Å²) in [5.74, 6) is -2.29. The maximum absolute atomic E-state index is 13.5. The molecular weight excluding hydrogens is 266 g/mol. The first kappa shape index (κ1) is 14.7. The first-order valence-electron chi connectivity index (χ1n) is 6.66. The lowest BCUT2D eigenvalue weighted by Crippen LogP contribution is -2.34. The molecule has 2 rings (SSSR count). The van der Waals surface area contributed by atoms with E-state index in [9.17, 15) is 13.6 Å². The van der Waals surface area contributed by atoms with E-state index in [4.69, 9.17) is 10.5 Å². The third-order valence-corrected chi connectivity index (χ3v) is 3.46. The number of amides is 1. The van der Waals surface area contributed by atoms with Crippen LogP contribution in [-0.4, -0.2) is 18.6 Å². The van der Waals surface area contributed by atoms with Crippen LogP contribution in [0.4, 0.5) is 20.2 Å². The molecule has 0 bridgehead atoms. The van der Waals surface area contributed by atoms with Crippen LogP contribution in [0.25, 0.3) is 0 Å². The molecule has 110 valence electrons. The molecule has 0 spiro atoms. The molecule has 1 aromatic rings. The topological polar surface area (TPSA) is 64.3 Å². The number of benzene rings is 1. The second kappa shape index (κ2) is 6.17. The molecule has 20 heavy (non-hydrogen) atoms. The number of rotatable bonds is 5. The number of anilines is 2. The summed E-state index contributed by atoms with van der Waals surface area (Å²) in [4.78, 5) is 11.8. The van der Waals surface area contributed by atoms with E-state index in [2.05, 4.69) is 5.32 Å². The largest absolute Gasteiger partial charge is 0.397 e. The van der Waals surface area contributed by atoms with Gasteiger partial charge < -0.3 is 15.8 Å². The second-order valence-corrected chi connectivity index (χ2v) is 4.99. The molecule has 1 saturated carbocycles. The van der Waals surface area contributed by atoms with Crippen LogP contribution in [0.5, 0.6) is 0 Å². The van der Waals surface area contributed by atoms with Crippen LogP contribution < -0.4 is 11.1 Å². The number of nitrogens with two attached hydrogens (primary N) is 1. The molecule has 0 saturated heterocycles. The summed E-state index contributed by atoms with van der Waals surface area (Å²) in [5.41, 5.74) is 5.27. The van der Waals surface area contributed by atoms with Gasteiger partial charge in [0.2, 0.25) is 5.91 Å². The van der Waals surface area contributed by atoms with E-state index in [0.29, 0.717) is 6.61 Å². The average molecular weight is 284 g/mol. The Kier molecular flexibility index (Phi) is 4.54. The lowest BCUT2D eigenvalue weighted by atomic mass is 9.80. The molecule has 3 N–H and O–H groups in total. The molecule has 0 atom stereocenters. The molecule has 1 aliphatic rings. The summed E-state index contributed by atoms with van der Waals surface area (Å²) >= 11 is 0. The second-order valence-electron chi connectivity index (χ2n) is 4.99. The number of hydrogen-bond acceptors (Lipinski definition) is 3. The summed E-state index contributed by atoms with van der Waals surface area (Å²) in [7, 11) is 0. The predicted octanol–water partition coefficient (Wildman–Crippen LogP) is 2.69. The van der Waals surface area contributed by atoms with E-state index in [1.165, 1.54) is 6.07 Å². The molecule has 0 aromatic heterocycles. The van der Waals surface area contributed by atoms with Gasteiger partial charge in [0.25, 0.3) is 0 Å². The van der Waals surface area contributed by atoms with Crippen molar-refractivity contribution in [2.75, 3.05) is 17.7 Å². The molecule has 1 aliphatic carbocycles. The minimum absolute atomic E-state index is 0.0121. The molecule has 0 aliphatic heterocycles. The van der Waals surface area contributed by atoms with Crippen LogP contribution in [0.1, 0.15) is 26.2 Å². The highest BCUT2D eigenvalue weighted by Crippen LogP contribution is 2.33. The molecular formula is C14H18F2N2O2. The Morgan fingerprint density at radius 1 is 1.45 bits per heavy atom. The lowest BCUT2D eigenvalue weighted by Gasteiger charge is -2.34. The van der Waals surface area contributed by atoms with Crippen LogP contribution >= 0.6 is 0 Å². The Morgan fingerprint density at radius 3 is 2.80 bits per heavy atom. The maximum atomic E-state index is 13.5. The molecule has 0 heterocycles. The number of carbonyl (C=O) groups excluding carboxylic acids is 1. The maximum Gasteiger partial charge on any atom is 0.224 e. The van der Waals surface area contributed by atoms with E-state index < -0.39 is 11.6 Å². The Morgan fingerprint density at radius 2 is 2.15 bits per heavy atom. The van der Waals surface area contributed by atoms with Crippen molar-refractivity contribution < 1.29 is 18.3 Å². The Balaban J connectivity index is 1.88. The molecule has 0 radical (unpaired) electrons. The van der Waals surface area contributed by atoms with Gasteiger partial charge in [-0.15, -0.1) is 0 Å². The Labute approximate surface area is 116 Å². The summed E-state index contributed by atoms with van der Waals surface area (Å²) in [6, 6.07) is 2.15. The monoisotopic (exact) mass is 284 g/mol. The van der Waals surface area contributed by atoms with Gasteiger partial charge in [0, 0.05) is 13.0 Å². The predicted molar refractivity (Wildman–Crippen MR) is 72.2 cm³/mol. The van der Waals surface area contributed by atoms with Gasteiger partial charge in [0.05, 0.1) is 11.8 Å². The third-order valence-electron chi connectivity index (χ3n) is 3.46. The van der Waals surface area contributed by atoms with Crippen molar-refractivity contribution in [1.29, 1.82) is 0 Å². The Hall–Kier alpha value is -1.69. The zero-order chi connectivity index (χ0) is 14.7. The van der Waals surface area contributed by atoms with Crippen molar-refractivity contribution in [3.05, 3.63) is 23.8 Å². The highest BCUT2D eigenvalue weighted by molar-refractivity contribution is 5.94. The van der Waals surface area contributed by atoms with Crippen molar-refractivity contribution in [3.8, 4) is 0 Å². The number of carbonyl (C=O) groups is 1. The number of halogens is 2. The van der Waals surface area contributed by atoms with E-state index >= 15 is 0 Å². The third kappa shape index (κ3) is 3.25. The van der Waals surface area contributed by atoms with Gasteiger partial charge in [-0.25, -0.2) is 8.78 Å². The van der Waals surface area contributed by atoms with Crippen LogP contribution in [0.3, 0.4) is 0 Å². The van der Waals surface area contributed by atoms with Crippen molar-refractivity contribution in [2.24, 2.45) is 5.92 Å². The van der Waals surface area contributed by atoms with Crippen molar-refractivity contribution in [1.82, 2.24) is 0 Å². The smallest absolute Gasteiger partial charge is 0.224 e. The number of nitrogen functional groups attached to an aromatic ring is 1. The standard InChI is InChI=1S/C14H18F2N2O2/c1-2-20-9-5-8(6-9)7-12(19)18-14-11(17)4-3-10(15)13(14)16/h3-4,8-9H,2,5-7,17H2,1H3,(H,18,19). The summed E-state index contributed by atoms with van der Waals surface area (Å²) in [5, 5.41) is 2.35. The SMILES string of the molecule is CCOC1CC(CC(=O)Nc2c(N)ccc(F)c2F)C1. The first-order valence-corrected chi connectivity index (χ1v) is 6.66. The van der Waals surface area contributed by atoms with Crippen molar-refractivity contribution in [3.63, 3.8) is 0 Å². The van der Waals surface area contributed by atoms with Crippen molar-refractivity contribution in [2.45, 2.75) is 32.3 Å². The van der Waals surface area contributed by atoms with E-state index in [1.807, 2.05) is 6.92 Å². The van der Waals surface area contributed by atoms with Crippen molar-refractivity contribution >= 4 is 17.3 Å². The summed E-state index contributed by atoms with van der Waals surface area (Å²) in [6.45, 7) is 2.59. The fourth-order valence-corrected chi connectivity index (χ4v) is 2.36. The quantitative estimate of drug-likeness (QED) is 0.817. The van der Waals surface area contributed by atoms with Crippen LogP contribution in [0.2, 0.25) is 0 Å². The highest BCUT2D eigenvalue weighted by Gasteiger charge is 2.31. The van der Waals surface area contributed by atoms with Gasteiger partial charge in [-0.05, 0) is 37.8 Å². The molecule has 1 aromatic carbocycles.